The Labute approximate surface area is 127 Å². The van der Waals surface area contributed by atoms with Gasteiger partial charge < -0.3 is 9.64 Å². The van der Waals surface area contributed by atoms with Crippen LogP contribution in [0.25, 0.3) is 4.96 Å². The smallest absolute Gasteiger partial charge is 0.308 e. The molecule has 3 heterocycles. The number of hydrogen-bond acceptors (Lipinski definition) is 6. The van der Waals surface area contributed by atoms with Crippen LogP contribution in [0.3, 0.4) is 0 Å². The van der Waals surface area contributed by atoms with E-state index in [1.54, 1.807) is 11.3 Å². The lowest BCUT2D eigenvalue weighted by molar-refractivity contribution is -0.146. The molecule has 1 saturated heterocycles. The zero-order chi connectivity index (χ0) is 13.4. The Balaban J connectivity index is 1.72. The predicted molar refractivity (Wildman–Crippen MR) is 80.5 cm³/mol. The molecular weight excluding hydrogens is 379 g/mol. The second-order valence-corrected chi connectivity index (χ2v) is 6.48. The lowest BCUT2D eigenvalue weighted by Gasteiger charge is -2.29. The molecule has 1 aliphatic heterocycles. The van der Waals surface area contributed by atoms with Crippen LogP contribution in [0.5, 0.6) is 0 Å². The minimum atomic E-state index is -0.0943. The maximum atomic E-state index is 11.5. The third-order valence-electron chi connectivity index (χ3n) is 3.33. The van der Waals surface area contributed by atoms with Crippen LogP contribution in [-0.4, -0.2) is 40.8 Å². The zero-order valence-corrected chi connectivity index (χ0v) is 13.3. The molecule has 0 bridgehead atoms. The topological polar surface area (TPSA) is 59.7 Å². The molecule has 0 unspecified atom stereocenters. The average molecular weight is 392 g/mol. The minimum Gasteiger partial charge on any atom is -0.469 e. The number of rotatable bonds is 2. The molecule has 6 nitrogen and oxygen atoms in total. The quantitative estimate of drug-likeness (QED) is 0.576. The summed E-state index contributed by atoms with van der Waals surface area (Å²) in [4.78, 5) is 18.9. The summed E-state index contributed by atoms with van der Waals surface area (Å²) < 4.78 is 7.66. The van der Waals surface area contributed by atoms with E-state index in [4.69, 9.17) is 4.74 Å². The van der Waals surface area contributed by atoms with Gasteiger partial charge in [0.1, 0.15) is 3.70 Å². The molecule has 0 aliphatic carbocycles. The molecule has 0 aromatic carbocycles. The molecule has 3 rings (SSSR count). The van der Waals surface area contributed by atoms with E-state index in [0.29, 0.717) is 0 Å². The van der Waals surface area contributed by atoms with Crippen molar-refractivity contribution in [1.29, 1.82) is 0 Å². The van der Waals surface area contributed by atoms with Crippen LogP contribution in [0.1, 0.15) is 12.8 Å². The van der Waals surface area contributed by atoms with Crippen molar-refractivity contribution in [3.05, 3.63) is 9.90 Å². The number of carbonyl (C=O) groups excluding carboxylic acids is 1. The summed E-state index contributed by atoms with van der Waals surface area (Å²) in [6.07, 6.45) is 3.46. The summed E-state index contributed by atoms with van der Waals surface area (Å²) in [5.41, 5.74) is 0. The summed E-state index contributed by atoms with van der Waals surface area (Å²) in [5.74, 6) is -0.0615. The number of imidazole rings is 1. The standard InChI is InChI=1S/C11H13IN4O2S/c1-18-9(17)7-2-4-15(5-3-7)11-14-16-8(12)6-13-10(16)19-11/h6-7H,2-5H2,1H3. The second-order valence-electron chi connectivity index (χ2n) is 4.44. The second kappa shape index (κ2) is 5.23. The molecule has 0 N–H and O–H groups in total. The number of fused-ring (bicyclic) bond motifs is 1. The molecule has 2 aromatic rings. The molecule has 2 aromatic heterocycles. The van der Waals surface area contributed by atoms with Crippen LogP contribution in [0.2, 0.25) is 0 Å². The van der Waals surface area contributed by atoms with E-state index in [2.05, 4.69) is 37.6 Å². The minimum absolute atomic E-state index is 0.0328. The fraction of sp³-hybridized carbons (Fsp3) is 0.545. The number of esters is 1. The van der Waals surface area contributed by atoms with Crippen LogP contribution in [-0.2, 0) is 9.53 Å². The number of piperidine rings is 1. The Morgan fingerprint density at radius 1 is 1.53 bits per heavy atom. The SMILES string of the molecule is COC(=O)C1CCN(c2nn3c(I)cnc3s2)CC1. The van der Waals surface area contributed by atoms with Crippen molar-refractivity contribution in [2.45, 2.75) is 12.8 Å². The molecule has 0 amide bonds. The lowest BCUT2D eigenvalue weighted by atomic mass is 9.97. The number of carbonyl (C=O) groups is 1. The van der Waals surface area contributed by atoms with Crippen molar-refractivity contribution in [3.8, 4) is 0 Å². The molecule has 0 radical (unpaired) electrons. The first-order chi connectivity index (χ1) is 9.19. The first-order valence-electron chi connectivity index (χ1n) is 6.02. The van der Waals surface area contributed by atoms with Crippen molar-refractivity contribution in [2.24, 2.45) is 5.92 Å². The maximum Gasteiger partial charge on any atom is 0.308 e. The van der Waals surface area contributed by atoms with Gasteiger partial charge in [-0.05, 0) is 35.4 Å². The molecule has 1 aliphatic rings. The Morgan fingerprint density at radius 3 is 2.89 bits per heavy atom. The highest BCUT2D eigenvalue weighted by molar-refractivity contribution is 14.1. The molecule has 19 heavy (non-hydrogen) atoms. The summed E-state index contributed by atoms with van der Waals surface area (Å²) in [6.45, 7) is 1.68. The van der Waals surface area contributed by atoms with E-state index in [-0.39, 0.29) is 11.9 Å². The van der Waals surface area contributed by atoms with Crippen LogP contribution >= 0.6 is 33.9 Å². The van der Waals surface area contributed by atoms with Gasteiger partial charge in [-0.3, -0.25) is 4.79 Å². The first kappa shape index (κ1) is 13.1. The zero-order valence-electron chi connectivity index (χ0n) is 10.4. The average Bonchev–Trinajstić information content (AvgIpc) is 3.01. The van der Waals surface area contributed by atoms with Gasteiger partial charge in [0.25, 0.3) is 0 Å². The van der Waals surface area contributed by atoms with E-state index < -0.39 is 0 Å². The Hall–Kier alpha value is -0.900. The fourth-order valence-corrected chi connectivity index (χ4v) is 3.83. The van der Waals surface area contributed by atoms with Gasteiger partial charge in [-0.15, -0.1) is 5.10 Å². The van der Waals surface area contributed by atoms with E-state index in [1.165, 1.54) is 7.11 Å². The summed E-state index contributed by atoms with van der Waals surface area (Å²) in [7, 11) is 1.45. The number of anilines is 1. The number of methoxy groups -OCH3 is 1. The van der Waals surface area contributed by atoms with E-state index in [9.17, 15) is 4.79 Å². The van der Waals surface area contributed by atoms with Crippen LogP contribution in [0, 0.1) is 9.62 Å². The van der Waals surface area contributed by atoms with Gasteiger partial charge >= 0.3 is 5.97 Å². The normalized spacial score (nSPS) is 17.1. The van der Waals surface area contributed by atoms with Gasteiger partial charge in [-0.25, -0.2) is 4.98 Å². The van der Waals surface area contributed by atoms with Gasteiger partial charge in [0, 0.05) is 13.1 Å². The van der Waals surface area contributed by atoms with Crippen molar-refractivity contribution in [1.82, 2.24) is 14.6 Å². The van der Waals surface area contributed by atoms with Crippen molar-refractivity contribution < 1.29 is 9.53 Å². The van der Waals surface area contributed by atoms with Gasteiger partial charge in [-0.1, -0.05) is 11.3 Å². The maximum absolute atomic E-state index is 11.5. The van der Waals surface area contributed by atoms with Gasteiger partial charge in [0.15, 0.2) is 0 Å². The first-order valence-corrected chi connectivity index (χ1v) is 7.91. The molecule has 102 valence electrons. The fourth-order valence-electron chi connectivity index (χ4n) is 2.26. The number of nitrogens with zero attached hydrogens (tertiary/aromatic N) is 4. The van der Waals surface area contributed by atoms with Crippen LogP contribution in [0.4, 0.5) is 5.13 Å². The molecule has 0 spiro atoms. The van der Waals surface area contributed by atoms with E-state index in [1.807, 2.05) is 10.7 Å². The van der Waals surface area contributed by atoms with E-state index in [0.717, 1.165) is 39.7 Å². The molecular formula is C11H13IN4O2S. The molecule has 0 atom stereocenters. The summed E-state index contributed by atoms with van der Waals surface area (Å²) in [6, 6.07) is 0. The summed E-state index contributed by atoms with van der Waals surface area (Å²) >= 11 is 3.80. The highest BCUT2D eigenvalue weighted by Crippen LogP contribution is 2.28. The highest BCUT2D eigenvalue weighted by atomic mass is 127. The highest BCUT2D eigenvalue weighted by Gasteiger charge is 2.27. The predicted octanol–water partition coefficient (Wildman–Crippen LogP) is 1.78. The third-order valence-corrected chi connectivity index (χ3v) is 5.05. The lowest BCUT2D eigenvalue weighted by Crippen LogP contribution is -2.36. The van der Waals surface area contributed by atoms with Gasteiger partial charge in [0.05, 0.1) is 19.2 Å². The van der Waals surface area contributed by atoms with Crippen LogP contribution < -0.4 is 4.90 Å². The Bertz CT molecular complexity index is 603. The Morgan fingerprint density at radius 2 is 2.26 bits per heavy atom. The number of hydrogen-bond donors (Lipinski definition) is 0. The van der Waals surface area contributed by atoms with Crippen molar-refractivity contribution in [3.63, 3.8) is 0 Å². The van der Waals surface area contributed by atoms with Crippen molar-refractivity contribution >= 4 is 50.0 Å². The van der Waals surface area contributed by atoms with Crippen LogP contribution in [0.15, 0.2) is 6.20 Å². The Kier molecular flexibility index (Phi) is 3.61. The molecule has 8 heteroatoms. The van der Waals surface area contributed by atoms with Gasteiger partial charge in [0.2, 0.25) is 10.1 Å². The largest absolute Gasteiger partial charge is 0.469 e. The van der Waals surface area contributed by atoms with E-state index >= 15 is 0 Å². The monoisotopic (exact) mass is 392 g/mol. The van der Waals surface area contributed by atoms with Crippen molar-refractivity contribution in [2.75, 3.05) is 25.1 Å². The third kappa shape index (κ3) is 2.42. The molecule has 1 fully saturated rings. The summed E-state index contributed by atoms with van der Waals surface area (Å²) in [5, 5.41) is 5.54. The molecule has 0 saturated carbocycles. The number of halogens is 1. The number of ether oxygens (including phenoxy) is 1. The van der Waals surface area contributed by atoms with Gasteiger partial charge in [-0.2, -0.15) is 4.52 Å². The number of aromatic nitrogens is 3.